The van der Waals surface area contributed by atoms with Gasteiger partial charge >= 0.3 is 0 Å². The van der Waals surface area contributed by atoms with Crippen LogP contribution in [0.1, 0.15) is 40.9 Å². The molecule has 0 saturated carbocycles. The summed E-state index contributed by atoms with van der Waals surface area (Å²) in [5, 5.41) is 2.90. The minimum Gasteiger partial charge on any atom is -0.354 e. The maximum absolute atomic E-state index is 13.3. The molecule has 0 fully saturated rings. The molecule has 0 aliphatic carbocycles. The highest BCUT2D eigenvalue weighted by atomic mass is 16.2. The second-order valence-electron chi connectivity index (χ2n) is 7.81. The van der Waals surface area contributed by atoms with E-state index in [-0.39, 0.29) is 17.9 Å². The Bertz CT molecular complexity index is 978. The van der Waals surface area contributed by atoms with Crippen LogP contribution in [0.4, 0.5) is 5.69 Å². The van der Waals surface area contributed by atoms with E-state index in [4.69, 9.17) is 0 Å². The molecule has 30 heavy (non-hydrogen) atoms. The van der Waals surface area contributed by atoms with Gasteiger partial charge in [-0.05, 0) is 56.2 Å². The van der Waals surface area contributed by atoms with E-state index in [2.05, 4.69) is 17.4 Å². The number of carbonyl (C=O) groups is 2. The minimum absolute atomic E-state index is 0.00498. The molecule has 0 atom stereocenters. The molecule has 4 heteroatoms. The number of carbonyl (C=O) groups excluding carboxylic acids is 2. The number of anilines is 1. The normalized spacial score (nSPS) is 10.7. The highest BCUT2D eigenvalue weighted by Gasteiger charge is 2.18. The number of hydrogen-bond donors (Lipinski definition) is 1. The first-order valence-corrected chi connectivity index (χ1v) is 10.2. The van der Waals surface area contributed by atoms with Crippen LogP contribution in [0.5, 0.6) is 0 Å². The van der Waals surface area contributed by atoms with Crippen LogP contribution in [0.25, 0.3) is 0 Å². The van der Waals surface area contributed by atoms with Gasteiger partial charge in [0.2, 0.25) is 5.91 Å². The van der Waals surface area contributed by atoms with E-state index in [1.165, 1.54) is 5.56 Å². The lowest BCUT2D eigenvalue weighted by molar-refractivity contribution is -0.120. The molecule has 4 nitrogen and oxygen atoms in total. The number of nitrogens with one attached hydrogen (secondary N) is 1. The SMILES string of the molecule is Cc1ccc(CN(C(=O)c2ccccc2)c2ccc(CC(=O)NC(C)C)cc2)cc1. The number of amides is 2. The minimum atomic E-state index is -0.0542. The second kappa shape index (κ2) is 9.88. The highest BCUT2D eigenvalue weighted by molar-refractivity contribution is 6.06. The third-order valence-corrected chi connectivity index (χ3v) is 4.79. The van der Waals surface area contributed by atoms with Crippen molar-refractivity contribution in [2.24, 2.45) is 0 Å². The smallest absolute Gasteiger partial charge is 0.258 e. The highest BCUT2D eigenvalue weighted by Crippen LogP contribution is 2.22. The van der Waals surface area contributed by atoms with Crippen molar-refractivity contribution in [2.75, 3.05) is 4.90 Å². The summed E-state index contributed by atoms with van der Waals surface area (Å²) >= 11 is 0. The van der Waals surface area contributed by atoms with E-state index >= 15 is 0 Å². The van der Waals surface area contributed by atoms with Gasteiger partial charge in [-0.15, -0.1) is 0 Å². The lowest BCUT2D eigenvalue weighted by Gasteiger charge is -2.24. The van der Waals surface area contributed by atoms with Crippen molar-refractivity contribution in [1.82, 2.24) is 5.32 Å². The van der Waals surface area contributed by atoms with Gasteiger partial charge in [-0.1, -0.05) is 60.2 Å². The van der Waals surface area contributed by atoms with Crippen molar-refractivity contribution in [2.45, 2.75) is 39.8 Å². The van der Waals surface area contributed by atoms with Crippen molar-refractivity contribution in [3.63, 3.8) is 0 Å². The van der Waals surface area contributed by atoms with Gasteiger partial charge in [0.05, 0.1) is 13.0 Å². The van der Waals surface area contributed by atoms with E-state index < -0.39 is 0 Å². The number of benzene rings is 3. The molecule has 0 spiro atoms. The van der Waals surface area contributed by atoms with Gasteiger partial charge in [-0.25, -0.2) is 0 Å². The van der Waals surface area contributed by atoms with E-state index in [9.17, 15) is 9.59 Å². The van der Waals surface area contributed by atoms with E-state index in [0.29, 0.717) is 18.5 Å². The largest absolute Gasteiger partial charge is 0.354 e. The first-order chi connectivity index (χ1) is 14.4. The summed E-state index contributed by atoms with van der Waals surface area (Å²) in [5.41, 5.74) is 4.61. The van der Waals surface area contributed by atoms with Gasteiger partial charge in [0.15, 0.2) is 0 Å². The predicted molar refractivity (Wildman–Crippen MR) is 122 cm³/mol. The van der Waals surface area contributed by atoms with Gasteiger partial charge in [-0.3, -0.25) is 9.59 Å². The standard InChI is InChI=1S/C26H28N2O2/c1-19(2)27-25(29)17-21-13-15-24(16-14-21)28(18-22-11-9-20(3)10-12-22)26(30)23-7-5-4-6-8-23/h4-16,19H,17-18H2,1-3H3,(H,27,29). The molecule has 0 radical (unpaired) electrons. The van der Waals surface area contributed by atoms with Crippen molar-refractivity contribution in [1.29, 1.82) is 0 Å². The average molecular weight is 401 g/mol. The van der Waals surface area contributed by atoms with E-state index in [1.807, 2.05) is 87.5 Å². The Kier molecular flexibility index (Phi) is 7.02. The molecule has 0 unspecified atom stereocenters. The first kappa shape index (κ1) is 21.3. The van der Waals surface area contributed by atoms with Gasteiger partial charge in [0.25, 0.3) is 5.91 Å². The van der Waals surface area contributed by atoms with Gasteiger partial charge < -0.3 is 10.2 Å². The number of hydrogen-bond acceptors (Lipinski definition) is 2. The topological polar surface area (TPSA) is 49.4 Å². The molecule has 3 aromatic carbocycles. The summed E-state index contributed by atoms with van der Waals surface area (Å²) in [6, 6.07) is 25.3. The molecule has 0 bridgehead atoms. The van der Waals surface area contributed by atoms with Crippen LogP contribution < -0.4 is 10.2 Å². The fourth-order valence-corrected chi connectivity index (χ4v) is 3.25. The van der Waals surface area contributed by atoms with Gasteiger partial charge in [-0.2, -0.15) is 0 Å². The molecule has 0 saturated heterocycles. The summed E-state index contributed by atoms with van der Waals surface area (Å²) in [6.07, 6.45) is 0.322. The van der Waals surface area contributed by atoms with Crippen LogP contribution in [0.15, 0.2) is 78.9 Å². The Balaban J connectivity index is 1.84. The summed E-state index contributed by atoms with van der Waals surface area (Å²) < 4.78 is 0. The van der Waals surface area contributed by atoms with Crippen molar-refractivity contribution < 1.29 is 9.59 Å². The molecule has 0 heterocycles. The second-order valence-corrected chi connectivity index (χ2v) is 7.81. The predicted octanol–water partition coefficient (Wildman–Crippen LogP) is 4.91. The maximum atomic E-state index is 13.3. The van der Waals surface area contributed by atoms with Crippen molar-refractivity contribution in [3.05, 3.63) is 101 Å². The Morgan fingerprint density at radius 1 is 0.833 bits per heavy atom. The maximum Gasteiger partial charge on any atom is 0.258 e. The third kappa shape index (κ3) is 5.80. The fourth-order valence-electron chi connectivity index (χ4n) is 3.25. The summed E-state index contributed by atoms with van der Waals surface area (Å²) in [5.74, 6) is -0.0592. The van der Waals surface area contributed by atoms with E-state index in [0.717, 1.165) is 16.8 Å². The Morgan fingerprint density at radius 3 is 2.03 bits per heavy atom. The molecule has 1 N–H and O–H groups in total. The molecule has 154 valence electrons. The molecular weight excluding hydrogens is 372 g/mol. The quantitative estimate of drug-likeness (QED) is 0.613. The molecule has 0 aromatic heterocycles. The monoisotopic (exact) mass is 400 g/mol. The van der Waals surface area contributed by atoms with Gasteiger partial charge in [0.1, 0.15) is 0 Å². The third-order valence-electron chi connectivity index (χ3n) is 4.79. The summed E-state index contributed by atoms with van der Waals surface area (Å²) in [4.78, 5) is 27.1. The molecule has 3 aromatic rings. The summed E-state index contributed by atoms with van der Waals surface area (Å²) in [7, 11) is 0. The Hall–Kier alpha value is -3.40. The summed E-state index contributed by atoms with van der Waals surface area (Å²) in [6.45, 7) is 6.41. The van der Waals surface area contributed by atoms with Crippen molar-refractivity contribution in [3.8, 4) is 0 Å². The molecule has 0 aliphatic rings. The lowest BCUT2D eigenvalue weighted by Crippen LogP contribution is -2.31. The van der Waals surface area contributed by atoms with Gasteiger partial charge in [0, 0.05) is 17.3 Å². The Morgan fingerprint density at radius 2 is 1.43 bits per heavy atom. The van der Waals surface area contributed by atoms with Crippen LogP contribution in [-0.2, 0) is 17.8 Å². The molecule has 0 aliphatic heterocycles. The van der Waals surface area contributed by atoms with Crippen molar-refractivity contribution >= 4 is 17.5 Å². The Labute approximate surface area is 178 Å². The fraction of sp³-hybridized carbons (Fsp3) is 0.231. The van der Waals surface area contributed by atoms with E-state index in [1.54, 1.807) is 4.90 Å². The zero-order valence-electron chi connectivity index (χ0n) is 17.8. The molecular formula is C26H28N2O2. The van der Waals surface area contributed by atoms with Crippen LogP contribution in [0, 0.1) is 6.92 Å². The zero-order valence-corrected chi connectivity index (χ0v) is 17.8. The zero-order chi connectivity index (χ0) is 21.5. The number of nitrogens with zero attached hydrogens (tertiary/aromatic N) is 1. The molecule has 3 rings (SSSR count). The first-order valence-electron chi connectivity index (χ1n) is 10.2. The van der Waals surface area contributed by atoms with Crippen LogP contribution in [0.3, 0.4) is 0 Å². The number of aryl methyl sites for hydroxylation is 1. The van der Waals surface area contributed by atoms with Crippen LogP contribution >= 0.6 is 0 Å². The molecule has 2 amide bonds. The van der Waals surface area contributed by atoms with Crippen LogP contribution in [0.2, 0.25) is 0 Å². The van der Waals surface area contributed by atoms with Crippen LogP contribution in [-0.4, -0.2) is 17.9 Å². The lowest BCUT2D eigenvalue weighted by atomic mass is 10.1. The average Bonchev–Trinajstić information content (AvgIpc) is 2.73. The number of rotatable bonds is 7.